The molecule has 1 aromatic carbocycles. The summed E-state index contributed by atoms with van der Waals surface area (Å²) in [5, 5.41) is 0. The van der Waals surface area contributed by atoms with Gasteiger partial charge in [-0.05, 0) is 51.1 Å². The van der Waals surface area contributed by atoms with Crippen molar-refractivity contribution >= 4 is 5.91 Å². The maximum atomic E-state index is 12.8. The molecule has 1 atom stereocenters. The van der Waals surface area contributed by atoms with Gasteiger partial charge >= 0.3 is 0 Å². The number of likely N-dealkylation sites (tertiary alicyclic amines) is 2. The Morgan fingerprint density at radius 3 is 2.61 bits per heavy atom. The molecule has 0 saturated carbocycles. The molecule has 3 heterocycles. The average Bonchev–Trinajstić information content (AvgIpc) is 2.75. The first kappa shape index (κ1) is 19.1. The molecule has 0 N–H and O–H groups in total. The lowest BCUT2D eigenvalue weighted by molar-refractivity contribution is 0.0722. The summed E-state index contributed by atoms with van der Waals surface area (Å²) >= 11 is 0. The van der Waals surface area contributed by atoms with Crippen LogP contribution in [0, 0.1) is 6.92 Å². The van der Waals surface area contributed by atoms with Crippen molar-refractivity contribution in [1.29, 1.82) is 0 Å². The molecule has 0 aliphatic carbocycles. The van der Waals surface area contributed by atoms with Crippen LogP contribution in [0.1, 0.15) is 65.5 Å². The van der Waals surface area contributed by atoms with Crippen LogP contribution >= 0.6 is 0 Å². The van der Waals surface area contributed by atoms with Crippen LogP contribution < -0.4 is 0 Å². The number of aryl methyl sites for hydroxylation is 1. The Labute approximate surface area is 167 Å². The second-order valence-corrected chi connectivity index (χ2v) is 8.14. The molecular formula is C23H30N4O. The lowest BCUT2D eigenvalue weighted by Gasteiger charge is -2.32. The number of carbonyl (C=O) groups is 1. The summed E-state index contributed by atoms with van der Waals surface area (Å²) < 4.78 is 0. The van der Waals surface area contributed by atoms with Gasteiger partial charge < -0.3 is 4.90 Å². The van der Waals surface area contributed by atoms with Crippen molar-refractivity contribution < 1.29 is 4.79 Å². The van der Waals surface area contributed by atoms with E-state index in [-0.39, 0.29) is 5.91 Å². The number of rotatable bonds is 4. The Morgan fingerprint density at radius 1 is 1.07 bits per heavy atom. The van der Waals surface area contributed by atoms with Crippen LogP contribution in [0.5, 0.6) is 0 Å². The third-order valence-corrected chi connectivity index (χ3v) is 5.99. The zero-order valence-corrected chi connectivity index (χ0v) is 16.8. The maximum Gasteiger partial charge on any atom is 0.257 e. The van der Waals surface area contributed by atoms with Crippen LogP contribution in [0.25, 0.3) is 0 Å². The summed E-state index contributed by atoms with van der Waals surface area (Å²) in [6.45, 7) is 6.74. The fourth-order valence-electron chi connectivity index (χ4n) is 4.41. The molecule has 5 nitrogen and oxygen atoms in total. The van der Waals surface area contributed by atoms with Crippen molar-refractivity contribution in [1.82, 2.24) is 19.8 Å². The molecule has 4 rings (SSSR count). The smallest absolute Gasteiger partial charge is 0.257 e. The minimum atomic E-state index is 0.0955. The fourth-order valence-corrected chi connectivity index (χ4v) is 4.41. The van der Waals surface area contributed by atoms with Gasteiger partial charge in [0, 0.05) is 38.3 Å². The Morgan fingerprint density at radius 2 is 1.86 bits per heavy atom. The van der Waals surface area contributed by atoms with Gasteiger partial charge in [0.05, 0.1) is 11.3 Å². The molecular weight excluding hydrogens is 348 g/mol. The lowest BCUT2D eigenvalue weighted by Crippen LogP contribution is -2.36. The van der Waals surface area contributed by atoms with E-state index in [1.165, 1.54) is 12.0 Å². The fraction of sp³-hybridized carbons (Fsp3) is 0.522. The highest BCUT2D eigenvalue weighted by Gasteiger charge is 2.26. The van der Waals surface area contributed by atoms with E-state index in [0.717, 1.165) is 69.9 Å². The summed E-state index contributed by atoms with van der Waals surface area (Å²) in [6, 6.07) is 10.6. The van der Waals surface area contributed by atoms with Gasteiger partial charge in [-0.3, -0.25) is 9.69 Å². The van der Waals surface area contributed by atoms with E-state index < -0.39 is 0 Å². The van der Waals surface area contributed by atoms with E-state index in [2.05, 4.69) is 40.2 Å². The zero-order chi connectivity index (χ0) is 19.3. The number of hydrogen-bond acceptors (Lipinski definition) is 4. The monoisotopic (exact) mass is 378 g/mol. The van der Waals surface area contributed by atoms with E-state index in [0.29, 0.717) is 11.5 Å². The van der Waals surface area contributed by atoms with Gasteiger partial charge in [0.25, 0.3) is 5.91 Å². The van der Waals surface area contributed by atoms with Gasteiger partial charge in [-0.15, -0.1) is 0 Å². The van der Waals surface area contributed by atoms with Crippen molar-refractivity contribution in [3.63, 3.8) is 0 Å². The zero-order valence-electron chi connectivity index (χ0n) is 16.8. The third kappa shape index (κ3) is 4.41. The molecule has 5 heteroatoms. The van der Waals surface area contributed by atoms with Gasteiger partial charge in [-0.2, -0.15) is 0 Å². The van der Waals surface area contributed by atoms with Crippen molar-refractivity contribution in [2.45, 2.75) is 51.5 Å². The normalized spacial score (nSPS) is 20.9. The minimum absolute atomic E-state index is 0.0955. The number of amides is 1. The van der Waals surface area contributed by atoms with Gasteiger partial charge in [0.15, 0.2) is 0 Å². The molecule has 2 saturated heterocycles. The minimum Gasteiger partial charge on any atom is -0.339 e. The SMILES string of the molecule is Cc1nc(C2CCCN(Cc3ccccc3)C2)ncc1C(=O)N1CCCCC1. The van der Waals surface area contributed by atoms with Gasteiger partial charge in [0.2, 0.25) is 0 Å². The Hall–Kier alpha value is -2.27. The second-order valence-electron chi connectivity index (χ2n) is 8.14. The Balaban J connectivity index is 1.43. The van der Waals surface area contributed by atoms with Crippen molar-refractivity contribution in [3.05, 3.63) is 59.2 Å². The van der Waals surface area contributed by atoms with Crippen LogP contribution in [0.15, 0.2) is 36.5 Å². The van der Waals surface area contributed by atoms with Gasteiger partial charge in [-0.25, -0.2) is 9.97 Å². The van der Waals surface area contributed by atoms with E-state index in [4.69, 9.17) is 4.98 Å². The molecule has 28 heavy (non-hydrogen) atoms. The van der Waals surface area contributed by atoms with E-state index >= 15 is 0 Å². The van der Waals surface area contributed by atoms with Gasteiger partial charge in [-0.1, -0.05) is 30.3 Å². The van der Waals surface area contributed by atoms with Crippen LogP contribution in [-0.2, 0) is 6.54 Å². The van der Waals surface area contributed by atoms with Crippen LogP contribution in [0.2, 0.25) is 0 Å². The highest BCUT2D eigenvalue weighted by molar-refractivity contribution is 5.95. The lowest BCUT2D eigenvalue weighted by atomic mass is 9.96. The molecule has 1 aromatic heterocycles. The molecule has 1 unspecified atom stereocenters. The highest BCUT2D eigenvalue weighted by Crippen LogP contribution is 2.26. The quantitative estimate of drug-likeness (QED) is 0.812. The van der Waals surface area contributed by atoms with E-state index in [1.807, 2.05) is 11.8 Å². The van der Waals surface area contributed by atoms with E-state index in [9.17, 15) is 4.79 Å². The number of piperidine rings is 2. The largest absolute Gasteiger partial charge is 0.339 e. The van der Waals surface area contributed by atoms with Crippen LogP contribution in [-0.4, -0.2) is 51.9 Å². The van der Waals surface area contributed by atoms with E-state index in [1.54, 1.807) is 6.20 Å². The van der Waals surface area contributed by atoms with Crippen molar-refractivity contribution in [2.24, 2.45) is 0 Å². The molecule has 2 aliphatic rings. The van der Waals surface area contributed by atoms with Gasteiger partial charge in [0.1, 0.15) is 5.82 Å². The standard InChI is InChI=1S/C23H30N4O/c1-18-21(23(28)27-13-6-3-7-14-27)15-24-22(25-18)20-11-8-12-26(17-20)16-19-9-4-2-5-10-19/h2,4-5,9-10,15,20H,3,6-8,11-14,16-17H2,1H3. The summed E-state index contributed by atoms with van der Waals surface area (Å²) in [5.74, 6) is 1.33. The Kier molecular flexibility index (Phi) is 6.01. The third-order valence-electron chi connectivity index (χ3n) is 5.99. The molecule has 2 fully saturated rings. The average molecular weight is 379 g/mol. The number of aromatic nitrogens is 2. The summed E-state index contributed by atoms with van der Waals surface area (Å²) in [7, 11) is 0. The first-order chi connectivity index (χ1) is 13.7. The predicted octanol–water partition coefficient (Wildman–Crippen LogP) is 3.79. The number of nitrogens with zero attached hydrogens (tertiary/aromatic N) is 4. The molecule has 0 radical (unpaired) electrons. The Bertz CT molecular complexity index is 802. The molecule has 2 aliphatic heterocycles. The molecule has 1 amide bonds. The molecule has 0 spiro atoms. The summed E-state index contributed by atoms with van der Waals surface area (Å²) in [4.78, 5) is 26.7. The molecule has 148 valence electrons. The molecule has 2 aromatic rings. The van der Waals surface area contributed by atoms with Crippen molar-refractivity contribution in [3.8, 4) is 0 Å². The summed E-state index contributed by atoms with van der Waals surface area (Å²) in [6.07, 6.45) is 7.47. The summed E-state index contributed by atoms with van der Waals surface area (Å²) in [5.41, 5.74) is 2.84. The number of benzene rings is 1. The topological polar surface area (TPSA) is 49.3 Å². The second kappa shape index (κ2) is 8.82. The first-order valence-electron chi connectivity index (χ1n) is 10.6. The first-order valence-corrected chi connectivity index (χ1v) is 10.6. The predicted molar refractivity (Wildman–Crippen MR) is 110 cm³/mol. The highest BCUT2D eigenvalue weighted by atomic mass is 16.2. The van der Waals surface area contributed by atoms with Crippen molar-refractivity contribution in [2.75, 3.05) is 26.2 Å². The number of hydrogen-bond donors (Lipinski definition) is 0. The molecule has 0 bridgehead atoms. The maximum absolute atomic E-state index is 12.8. The van der Waals surface area contributed by atoms with Crippen LogP contribution in [0.3, 0.4) is 0 Å². The van der Waals surface area contributed by atoms with Crippen LogP contribution in [0.4, 0.5) is 0 Å². The number of carbonyl (C=O) groups excluding carboxylic acids is 1.